The van der Waals surface area contributed by atoms with Crippen LogP contribution in [0.2, 0.25) is 0 Å². The van der Waals surface area contributed by atoms with E-state index in [9.17, 15) is 9.90 Å². The van der Waals surface area contributed by atoms with Gasteiger partial charge in [0.1, 0.15) is 5.60 Å². The van der Waals surface area contributed by atoms with Gasteiger partial charge < -0.3 is 14.7 Å². The molecule has 0 aliphatic carbocycles. The second-order valence-electron chi connectivity index (χ2n) is 7.93. The van der Waals surface area contributed by atoms with Gasteiger partial charge in [0.25, 0.3) is 0 Å². The molecule has 0 spiro atoms. The molecule has 1 aliphatic rings. The van der Waals surface area contributed by atoms with E-state index in [-0.39, 0.29) is 23.7 Å². The second-order valence-corrected chi connectivity index (χ2v) is 7.93. The smallest absolute Gasteiger partial charge is 0.410 e. The Morgan fingerprint density at radius 3 is 2.40 bits per heavy atom. The summed E-state index contributed by atoms with van der Waals surface area (Å²) >= 11 is 0. The zero-order valence-electron chi connectivity index (χ0n) is 13.9. The van der Waals surface area contributed by atoms with Crippen LogP contribution in [0.5, 0.6) is 0 Å². The quantitative estimate of drug-likeness (QED) is 0.862. The van der Waals surface area contributed by atoms with E-state index in [2.05, 4.69) is 0 Å². The molecule has 1 saturated heterocycles. The molecule has 0 saturated carbocycles. The van der Waals surface area contributed by atoms with Crippen LogP contribution < -0.4 is 0 Å². The van der Waals surface area contributed by atoms with Crippen LogP contribution in [0, 0.1) is 5.41 Å². The fraction of sp³-hybridized carbons (Fsp3) is 0.938. The number of carbonyl (C=O) groups excluding carboxylic acids is 1. The summed E-state index contributed by atoms with van der Waals surface area (Å²) in [5.74, 6) is 0. The van der Waals surface area contributed by atoms with Gasteiger partial charge in [-0.25, -0.2) is 4.79 Å². The van der Waals surface area contributed by atoms with Gasteiger partial charge in [0.05, 0.1) is 6.10 Å². The standard InChI is InChI=1S/C16H31NO3/c1-15(2,3)13(18)10-9-12-8-7-11-17(12)14(19)20-16(4,5)6/h12-13,18H,7-11H2,1-6H3/t12-,13-/m1/s1. The van der Waals surface area contributed by atoms with Crippen molar-refractivity contribution in [3.63, 3.8) is 0 Å². The minimum Gasteiger partial charge on any atom is -0.444 e. The lowest BCUT2D eigenvalue weighted by Gasteiger charge is -2.31. The third-order valence-electron chi connectivity index (χ3n) is 3.78. The molecule has 4 heteroatoms. The molecule has 0 unspecified atom stereocenters. The molecule has 1 fully saturated rings. The Kier molecular flexibility index (Phi) is 5.47. The number of nitrogens with zero attached hydrogens (tertiary/aromatic N) is 1. The van der Waals surface area contributed by atoms with Gasteiger partial charge in [-0.05, 0) is 51.9 Å². The summed E-state index contributed by atoms with van der Waals surface area (Å²) in [6, 6.07) is 0.210. The first kappa shape index (κ1) is 17.3. The Bertz CT molecular complexity index is 328. The molecule has 4 nitrogen and oxygen atoms in total. The van der Waals surface area contributed by atoms with Crippen molar-refractivity contribution in [2.45, 2.75) is 85.0 Å². The van der Waals surface area contributed by atoms with Crippen LogP contribution in [0.3, 0.4) is 0 Å². The Morgan fingerprint density at radius 2 is 1.90 bits per heavy atom. The van der Waals surface area contributed by atoms with Crippen LogP contribution in [-0.4, -0.2) is 40.4 Å². The molecule has 1 heterocycles. The van der Waals surface area contributed by atoms with Crippen molar-refractivity contribution < 1.29 is 14.6 Å². The summed E-state index contributed by atoms with van der Waals surface area (Å²) < 4.78 is 5.45. The molecule has 0 bridgehead atoms. The highest BCUT2D eigenvalue weighted by atomic mass is 16.6. The second kappa shape index (κ2) is 6.33. The number of hydrogen-bond donors (Lipinski definition) is 1. The van der Waals surface area contributed by atoms with Gasteiger partial charge in [-0.3, -0.25) is 0 Å². The van der Waals surface area contributed by atoms with E-state index in [1.807, 2.05) is 46.4 Å². The largest absolute Gasteiger partial charge is 0.444 e. The number of carbonyl (C=O) groups is 1. The first-order chi connectivity index (χ1) is 9.00. The predicted molar refractivity (Wildman–Crippen MR) is 80.7 cm³/mol. The molecule has 0 aromatic rings. The zero-order chi connectivity index (χ0) is 15.6. The van der Waals surface area contributed by atoms with E-state index in [4.69, 9.17) is 4.74 Å². The van der Waals surface area contributed by atoms with E-state index in [1.54, 1.807) is 0 Å². The SMILES string of the molecule is CC(C)(C)OC(=O)N1CCC[C@@H]1CC[C@@H](O)C(C)(C)C. The third kappa shape index (κ3) is 5.31. The van der Waals surface area contributed by atoms with E-state index in [0.29, 0.717) is 0 Å². The van der Waals surface area contributed by atoms with Crippen molar-refractivity contribution in [3.8, 4) is 0 Å². The summed E-state index contributed by atoms with van der Waals surface area (Å²) in [5, 5.41) is 10.1. The van der Waals surface area contributed by atoms with Crippen molar-refractivity contribution in [3.05, 3.63) is 0 Å². The number of ether oxygens (including phenoxy) is 1. The van der Waals surface area contributed by atoms with Crippen LogP contribution in [0.25, 0.3) is 0 Å². The fourth-order valence-corrected chi connectivity index (χ4v) is 2.48. The maximum Gasteiger partial charge on any atom is 0.410 e. The van der Waals surface area contributed by atoms with E-state index >= 15 is 0 Å². The summed E-state index contributed by atoms with van der Waals surface area (Å²) in [5.41, 5.74) is -0.551. The van der Waals surface area contributed by atoms with E-state index in [1.165, 1.54) is 0 Å². The molecule has 0 aromatic heterocycles. The molecule has 1 N–H and O–H groups in total. The van der Waals surface area contributed by atoms with Crippen molar-refractivity contribution in [1.82, 2.24) is 4.90 Å². The molecule has 0 aromatic carbocycles. The summed E-state index contributed by atoms with van der Waals surface area (Å²) in [6.07, 6.45) is 3.06. The van der Waals surface area contributed by atoms with Gasteiger partial charge in [0.2, 0.25) is 0 Å². The number of hydrogen-bond acceptors (Lipinski definition) is 3. The molecule has 1 aliphatic heterocycles. The highest BCUT2D eigenvalue weighted by Gasteiger charge is 2.33. The lowest BCUT2D eigenvalue weighted by molar-refractivity contribution is 0.0168. The lowest BCUT2D eigenvalue weighted by Crippen LogP contribution is -2.40. The first-order valence-electron chi connectivity index (χ1n) is 7.68. The summed E-state index contributed by atoms with van der Waals surface area (Å²) in [6.45, 7) is 12.6. The van der Waals surface area contributed by atoms with E-state index < -0.39 is 5.60 Å². The van der Waals surface area contributed by atoms with Crippen LogP contribution in [0.4, 0.5) is 4.79 Å². The topological polar surface area (TPSA) is 49.8 Å². The molecule has 20 heavy (non-hydrogen) atoms. The molecular formula is C16H31NO3. The highest BCUT2D eigenvalue weighted by Crippen LogP contribution is 2.28. The number of amides is 1. The van der Waals surface area contributed by atoms with Crippen molar-refractivity contribution in [1.29, 1.82) is 0 Å². The van der Waals surface area contributed by atoms with Gasteiger partial charge in [-0.2, -0.15) is 0 Å². The van der Waals surface area contributed by atoms with E-state index in [0.717, 1.165) is 32.2 Å². The number of rotatable bonds is 3. The Labute approximate surface area is 123 Å². The molecule has 118 valence electrons. The fourth-order valence-electron chi connectivity index (χ4n) is 2.48. The summed E-state index contributed by atoms with van der Waals surface area (Å²) in [7, 11) is 0. The van der Waals surface area contributed by atoms with Crippen molar-refractivity contribution in [2.75, 3.05) is 6.54 Å². The Morgan fingerprint density at radius 1 is 1.30 bits per heavy atom. The minimum absolute atomic E-state index is 0.102. The first-order valence-corrected chi connectivity index (χ1v) is 7.68. The van der Waals surface area contributed by atoms with Gasteiger partial charge in [0.15, 0.2) is 0 Å². The van der Waals surface area contributed by atoms with Gasteiger partial charge in [0, 0.05) is 12.6 Å². The third-order valence-corrected chi connectivity index (χ3v) is 3.78. The number of aliphatic hydroxyl groups is 1. The average Bonchev–Trinajstić information content (AvgIpc) is 2.70. The number of likely N-dealkylation sites (tertiary alicyclic amines) is 1. The normalized spacial score (nSPS) is 21.9. The average molecular weight is 285 g/mol. The molecule has 0 radical (unpaired) electrons. The minimum atomic E-state index is -0.449. The predicted octanol–water partition coefficient (Wildman–Crippen LogP) is 3.57. The molecular weight excluding hydrogens is 254 g/mol. The van der Waals surface area contributed by atoms with Gasteiger partial charge >= 0.3 is 6.09 Å². The maximum atomic E-state index is 12.2. The van der Waals surface area contributed by atoms with Crippen molar-refractivity contribution in [2.24, 2.45) is 5.41 Å². The maximum absolute atomic E-state index is 12.2. The molecule has 1 rings (SSSR count). The van der Waals surface area contributed by atoms with Crippen LogP contribution in [0.15, 0.2) is 0 Å². The highest BCUT2D eigenvalue weighted by molar-refractivity contribution is 5.68. The van der Waals surface area contributed by atoms with Gasteiger partial charge in [-0.1, -0.05) is 20.8 Å². The monoisotopic (exact) mass is 285 g/mol. The van der Waals surface area contributed by atoms with Crippen LogP contribution in [-0.2, 0) is 4.74 Å². The Balaban J connectivity index is 2.51. The van der Waals surface area contributed by atoms with Crippen LogP contribution >= 0.6 is 0 Å². The van der Waals surface area contributed by atoms with Crippen molar-refractivity contribution >= 4 is 6.09 Å². The lowest BCUT2D eigenvalue weighted by atomic mass is 9.85. The molecule has 2 atom stereocenters. The van der Waals surface area contributed by atoms with Crippen LogP contribution in [0.1, 0.15) is 67.2 Å². The zero-order valence-corrected chi connectivity index (χ0v) is 13.9. The number of aliphatic hydroxyl groups excluding tert-OH is 1. The van der Waals surface area contributed by atoms with Gasteiger partial charge in [-0.15, -0.1) is 0 Å². The summed E-state index contributed by atoms with van der Waals surface area (Å²) in [4.78, 5) is 14.0. The Hall–Kier alpha value is -0.770. The molecule has 1 amide bonds.